The van der Waals surface area contributed by atoms with Crippen molar-refractivity contribution in [3.63, 3.8) is 0 Å². The zero-order valence-electron chi connectivity index (χ0n) is 11.0. The highest BCUT2D eigenvalue weighted by Crippen LogP contribution is 2.33. The second kappa shape index (κ2) is 6.25. The summed E-state index contributed by atoms with van der Waals surface area (Å²) in [7, 11) is 0. The Balaban J connectivity index is 2.36. The van der Waals surface area contributed by atoms with Crippen LogP contribution in [0.1, 0.15) is 24.5 Å². The SMILES string of the molecule is CCC(O)(Cc1ccc(F)cc1Cl)c1cccc(Br)c1. The molecule has 0 spiro atoms. The first-order valence-electron chi connectivity index (χ1n) is 6.37. The van der Waals surface area contributed by atoms with Crippen molar-refractivity contribution >= 4 is 27.5 Å². The van der Waals surface area contributed by atoms with E-state index in [1.807, 2.05) is 31.2 Å². The van der Waals surface area contributed by atoms with Crippen molar-refractivity contribution in [2.45, 2.75) is 25.4 Å². The normalized spacial score (nSPS) is 14.1. The minimum absolute atomic E-state index is 0.340. The molecule has 1 unspecified atom stereocenters. The number of rotatable bonds is 4. The maximum absolute atomic E-state index is 13.1. The maximum atomic E-state index is 13.1. The molecule has 0 aromatic heterocycles. The largest absolute Gasteiger partial charge is 0.385 e. The highest BCUT2D eigenvalue weighted by atomic mass is 79.9. The second-order valence-electron chi connectivity index (χ2n) is 4.81. The van der Waals surface area contributed by atoms with Gasteiger partial charge in [-0.15, -0.1) is 0 Å². The molecule has 106 valence electrons. The summed E-state index contributed by atoms with van der Waals surface area (Å²) in [4.78, 5) is 0. The molecule has 0 fully saturated rings. The van der Waals surface area contributed by atoms with Gasteiger partial charge in [-0.25, -0.2) is 4.39 Å². The quantitative estimate of drug-likeness (QED) is 0.809. The van der Waals surface area contributed by atoms with Crippen LogP contribution in [0.2, 0.25) is 5.02 Å². The number of benzene rings is 2. The molecule has 2 rings (SSSR count). The molecule has 0 aliphatic heterocycles. The van der Waals surface area contributed by atoms with Crippen molar-refractivity contribution in [3.05, 3.63) is 68.9 Å². The van der Waals surface area contributed by atoms with Gasteiger partial charge in [0.05, 0.1) is 5.60 Å². The van der Waals surface area contributed by atoms with Gasteiger partial charge in [0.25, 0.3) is 0 Å². The Bertz CT molecular complexity index is 617. The summed E-state index contributed by atoms with van der Waals surface area (Å²) >= 11 is 9.46. The van der Waals surface area contributed by atoms with Crippen LogP contribution in [-0.2, 0) is 12.0 Å². The van der Waals surface area contributed by atoms with E-state index in [0.717, 1.165) is 15.6 Å². The smallest absolute Gasteiger partial charge is 0.124 e. The Morgan fingerprint density at radius 3 is 2.60 bits per heavy atom. The molecule has 2 aromatic carbocycles. The number of hydrogen-bond donors (Lipinski definition) is 1. The first-order valence-corrected chi connectivity index (χ1v) is 7.54. The van der Waals surface area contributed by atoms with Crippen molar-refractivity contribution in [2.24, 2.45) is 0 Å². The highest BCUT2D eigenvalue weighted by Gasteiger charge is 2.28. The van der Waals surface area contributed by atoms with Gasteiger partial charge >= 0.3 is 0 Å². The molecule has 20 heavy (non-hydrogen) atoms. The topological polar surface area (TPSA) is 20.2 Å². The fourth-order valence-electron chi connectivity index (χ4n) is 2.19. The van der Waals surface area contributed by atoms with Crippen LogP contribution in [0.5, 0.6) is 0 Å². The fourth-order valence-corrected chi connectivity index (χ4v) is 2.82. The molecule has 0 saturated carbocycles. The minimum atomic E-state index is -1.02. The fraction of sp³-hybridized carbons (Fsp3) is 0.250. The molecule has 1 nitrogen and oxygen atoms in total. The Kier molecular flexibility index (Phi) is 4.84. The molecule has 0 saturated heterocycles. The Morgan fingerprint density at radius 2 is 2.00 bits per heavy atom. The summed E-state index contributed by atoms with van der Waals surface area (Å²) in [6, 6.07) is 11.8. The van der Waals surface area contributed by atoms with Gasteiger partial charge < -0.3 is 5.11 Å². The molecule has 0 heterocycles. The van der Waals surface area contributed by atoms with Gasteiger partial charge in [0.2, 0.25) is 0 Å². The van der Waals surface area contributed by atoms with Gasteiger partial charge in [-0.2, -0.15) is 0 Å². The van der Waals surface area contributed by atoms with E-state index in [2.05, 4.69) is 15.9 Å². The summed E-state index contributed by atoms with van der Waals surface area (Å²) in [5, 5.41) is 11.2. The van der Waals surface area contributed by atoms with E-state index in [1.165, 1.54) is 12.1 Å². The average Bonchev–Trinajstić information content (AvgIpc) is 2.42. The molecule has 0 bridgehead atoms. The second-order valence-corrected chi connectivity index (χ2v) is 6.13. The van der Waals surface area contributed by atoms with E-state index < -0.39 is 5.60 Å². The van der Waals surface area contributed by atoms with Crippen molar-refractivity contribution in [2.75, 3.05) is 0 Å². The molecule has 0 amide bonds. The molecule has 0 radical (unpaired) electrons. The van der Waals surface area contributed by atoms with Gasteiger partial charge in [0.15, 0.2) is 0 Å². The Hall–Kier alpha value is -0.900. The lowest BCUT2D eigenvalue weighted by Gasteiger charge is -2.28. The Morgan fingerprint density at radius 1 is 1.25 bits per heavy atom. The van der Waals surface area contributed by atoms with E-state index in [4.69, 9.17) is 11.6 Å². The molecule has 0 aliphatic carbocycles. The lowest BCUT2D eigenvalue weighted by Crippen LogP contribution is -2.27. The molecule has 4 heteroatoms. The maximum Gasteiger partial charge on any atom is 0.124 e. The van der Waals surface area contributed by atoms with Gasteiger partial charge in [0.1, 0.15) is 5.82 Å². The molecular weight excluding hydrogens is 343 g/mol. The molecule has 2 aromatic rings. The molecule has 1 atom stereocenters. The third kappa shape index (κ3) is 3.40. The van der Waals surface area contributed by atoms with Gasteiger partial charge in [-0.1, -0.05) is 52.7 Å². The zero-order valence-corrected chi connectivity index (χ0v) is 13.4. The monoisotopic (exact) mass is 356 g/mol. The van der Waals surface area contributed by atoms with E-state index in [-0.39, 0.29) is 5.82 Å². The average molecular weight is 358 g/mol. The van der Waals surface area contributed by atoms with E-state index in [0.29, 0.717) is 17.9 Å². The Labute approximate surface area is 131 Å². The third-order valence-corrected chi connectivity index (χ3v) is 4.29. The lowest BCUT2D eigenvalue weighted by molar-refractivity contribution is 0.0327. The van der Waals surface area contributed by atoms with Crippen LogP contribution < -0.4 is 0 Å². The lowest BCUT2D eigenvalue weighted by atomic mass is 9.85. The van der Waals surface area contributed by atoms with Crippen LogP contribution in [0.3, 0.4) is 0 Å². The summed E-state index contributed by atoms with van der Waals surface area (Å²) in [5.74, 6) is -0.374. The predicted octanol–water partition coefficient (Wildman–Crippen LogP) is 5.08. The standard InChI is InChI=1S/C16H15BrClFO/c1-2-16(20,12-4-3-5-13(17)8-12)10-11-6-7-14(19)9-15(11)18/h3-9,20H,2,10H2,1H3. The minimum Gasteiger partial charge on any atom is -0.385 e. The van der Waals surface area contributed by atoms with Gasteiger partial charge in [-0.05, 0) is 41.8 Å². The van der Waals surface area contributed by atoms with Crippen LogP contribution in [0.4, 0.5) is 4.39 Å². The summed E-state index contributed by atoms with van der Waals surface area (Å²) in [6.07, 6.45) is 0.885. The molecule has 1 N–H and O–H groups in total. The third-order valence-electron chi connectivity index (χ3n) is 3.44. The zero-order chi connectivity index (χ0) is 14.8. The number of halogens is 3. The molecule has 0 aliphatic rings. The van der Waals surface area contributed by atoms with E-state index in [1.54, 1.807) is 6.07 Å². The first kappa shape index (κ1) is 15.5. The van der Waals surface area contributed by atoms with Crippen LogP contribution in [-0.4, -0.2) is 5.11 Å². The van der Waals surface area contributed by atoms with Gasteiger partial charge in [-0.3, -0.25) is 0 Å². The van der Waals surface area contributed by atoms with Gasteiger partial charge in [0, 0.05) is 15.9 Å². The summed E-state index contributed by atoms with van der Waals surface area (Å²) in [5.41, 5.74) is 0.526. The van der Waals surface area contributed by atoms with E-state index in [9.17, 15) is 9.50 Å². The number of hydrogen-bond acceptors (Lipinski definition) is 1. The van der Waals surface area contributed by atoms with E-state index >= 15 is 0 Å². The van der Waals surface area contributed by atoms with Crippen LogP contribution in [0.25, 0.3) is 0 Å². The van der Waals surface area contributed by atoms with Crippen molar-refractivity contribution in [1.82, 2.24) is 0 Å². The van der Waals surface area contributed by atoms with Crippen molar-refractivity contribution < 1.29 is 9.50 Å². The summed E-state index contributed by atoms with van der Waals surface area (Å²) in [6.45, 7) is 1.92. The predicted molar refractivity (Wildman–Crippen MR) is 83.4 cm³/mol. The summed E-state index contributed by atoms with van der Waals surface area (Å²) < 4.78 is 14.0. The van der Waals surface area contributed by atoms with Crippen LogP contribution >= 0.6 is 27.5 Å². The number of aliphatic hydroxyl groups is 1. The van der Waals surface area contributed by atoms with Crippen LogP contribution in [0.15, 0.2) is 46.9 Å². The van der Waals surface area contributed by atoms with Crippen molar-refractivity contribution in [3.8, 4) is 0 Å². The highest BCUT2D eigenvalue weighted by molar-refractivity contribution is 9.10. The molecular formula is C16H15BrClFO. The van der Waals surface area contributed by atoms with Crippen molar-refractivity contribution in [1.29, 1.82) is 0 Å². The first-order chi connectivity index (χ1) is 9.44. The van der Waals surface area contributed by atoms with Crippen LogP contribution in [0, 0.1) is 5.82 Å².